The second-order valence-electron chi connectivity index (χ2n) is 1.49. The van der Waals surface area contributed by atoms with Gasteiger partial charge in [0.05, 0.1) is 13.1 Å². The number of carbonyl (C=O) groups excluding carboxylic acids is 1. The lowest BCUT2D eigenvalue weighted by Gasteiger charge is -1.98. The van der Waals surface area contributed by atoms with Gasteiger partial charge in [-0.15, -0.1) is 0 Å². The molecule has 0 bridgehead atoms. The monoisotopic (exact) mass is 143 g/mol. The Morgan fingerprint density at radius 1 is 1.50 bits per heavy atom. The first-order valence-electron chi connectivity index (χ1n) is 2.49. The van der Waals surface area contributed by atoms with Crippen LogP contribution in [0.15, 0.2) is 0 Å². The van der Waals surface area contributed by atoms with Crippen LogP contribution in [0.25, 0.3) is 0 Å². The summed E-state index contributed by atoms with van der Waals surface area (Å²) in [5.41, 5.74) is 0. The largest absolute Gasteiger partial charge is 0.542 e. The SMILES string of the molecule is [B]OC(=O)CNCC(=O)O. The molecule has 0 saturated heterocycles. The standard InChI is InChI=1S/C4H6BNO4/c5-10-4(9)2-6-1-3(7)8/h6H,1-2H2,(H,7,8). The number of carboxylic acids is 1. The summed E-state index contributed by atoms with van der Waals surface area (Å²) in [5.74, 6) is -1.73. The summed E-state index contributed by atoms with van der Waals surface area (Å²) < 4.78 is 3.74. The van der Waals surface area contributed by atoms with Crippen LogP contribution in [-0.4, -0.2) is 38.2 Å². The third-order valence-corrected chi connectivity index (χ3v) is 0.677. The van der Waals surface area contributed by atoms with Crippen LogP contribution in [0, 0.1) is 0 Å². The summed E-state index contributed by atoms with van der Waals surface area (Å²) in [6.07, 6.45) is 0. The van der Waals surface area contributed by atoms with Crippen LogP contribution in [0.3, 0.4) is 0 Å². The molecule has 2 N–H and O–H groups in total. The van der Waals surface area contributed by atoms with Gasteiger partial charge in [0.15, 0.2) is 0 Å². The zero-order valence-corrected chi connectivity index (χ0v) is 5.16. The summed E-state index contributed by atoms with van der Waals surface area (Å²) >= 11 is 0. The second kappa shape index (κ2) is 4.81. The minimum Gasteiger partial charge on any atom is -0.542 e. The highest BCUT2D eigenvalue weighted by molar-refractivity contribution is 6.05. The van der Waals surface area contributed by atoms with Crippen LogP contribution in [0.1, 0.15) is 0 Å². The van der Waals surface area contributed by atoms with E-state index in [1.165, 1.54) is 0 Å². The van der Waals surface area contributed by atoms with E-state index in [2.05, 4.69) is 18.0 Å². The molecule has 0 aliphatic heterocycles. The van der Waals surface area contributed by atoms with Crippen molar-refractivity contribution >= 4 is 20.0 Å². The first-order chi connectivity index (χ1) is 4.66. The molecule has 0 rings (SSSR count). The Morgan fingerprint density at radius 2 is 2.10 bits per heavy atom. The van der Waals surface area contributed by atoms with Crippen molar-refractivity contribution < 1.29 is 19.3 Å². The molecular weight excluding hydrogens is 137 g/mol. The molecule has 10 heavy (non-hydrogen) atoms. The van der Waals surface area contributed by atoms with Gasteiger partial charge in [0.25, 0.3) is 0 Å². The van der Waals surface area contributed by atoms with Crippen molar-refractivity contribution in [1.29, 1.82) is 0 Å². The van der Waals surface area contributed by atoms with Crippen LogP contribution in [0.5, 0.6) is 0 Å². The first kappa shape index (κ1) is 8.96. The molecule has 0 atom stereocenters. The maximum absolute atomic E-state index is 10.2. The van der Waals surface area contributed by atoms with E-state index in [0.717, 1.165) is 0 Å². The fourth-order valence-corrected chi connectivity index (χ4v) is 0.313. The molecule has 0 saturated carbocycles. The van der Waals surface area contributed by atoms with Gasteiger partial charge >= 0.3 is 20.0 Å². The number of rotatable bonds is 4. The fraction of sp³-hybridized carbons (Fsp3) is 0.500. The van der Waals surface area contributed by atoms with E-state index in [4.69, 9.17) is 5.11 Å². The topological polar surface area (TPSA) is 75.6 Å². The Kier molecular flexibility index (Phi) is 4.31. The molecule has 0 aliphatic carbocycles. The molecule has 0 aromatic rings. The summed E-state index contributed by atoms with van der Waals surface area (Å²) in [6.45, 7) is -0.474. The zero-order valence-electron chi connectivity index (χ0n) is 5.16. The molecule has 0 unspecified atom stereocenters. The van der Waals surface area contributed by atoms with E-state index in [-0.39, 0.29) is 13.1 Å². The van der Waals surface area contributed by atoms with Gasteiger partial charge in [-0.25, -0.2) is 0 Å². The lowest BCUT2D eigenvalue weighted by atomic mass is 10.5. The molecule has 0 aromatic heterocycles. The summed E-state index contributed by atoms with van der Waals surface area (Å²) in [7, 11) is 4.45. The number of nitrogens with one attached hydrogen (secondary N) is 1. The third kappa shape index (κ3) is 5.11. The van der Waals surface area contributed by atoms with Gasteiger partial charge in [-0.05, 0) is 0 Å². The molecule has 0 spiro atoms. The molecule has 0 heterocycles. The maximum atomic E-state index is 10.2. The quantitative estimate of drug-likeness (QED) is 0.458. The highest BCUT2D eigenvalue weighted by Gasteiger charge is 1.99. The summed E-state index contributed by atoms with van der Waals surface area (Å²) in [6, 6.07) is 0. The van der Waals surface area contributed by atoms with Gasteiger partial charge in [-0.3, -0.25) is 14.9 Å². The van der Waals surface area contributed by atoms with E-state index in [9.17, 15) is 9.59 Å². The highest BCUT2D eigenvalue weighted by Crippen LogP contribution is 1.67. The van der Waals surface area contributed by atoms with E-state index in [1.54, 1.807) is 0 Å². The average molecular weight is 143 g/mol. The first-order valence-corrected chi connectivity index (χ1v) is 2.49. The van der Waals surface area contributed by atoms with Gasteiger partial charge in [-0.1, -0.05) is 0 Å². The lowest BCUT2D eigenvalue weighted by Crippen LogP contribution is -2.29. The molecule has 0 amide bonds. The van der Waals surface area contributed by atoms with Gasteiger partial charge in [0.1, 0.15) is 0 Å². The Balaban J connectivity index is 3.20. The molecule has 6 heteroatoms. The molecular formula is C4H6BNO4. The van der Waals surface area contributed by atoms with Crippen LogP contribution >= 0.6 is 0 Å². The zero-order chi connectivity index (χ0) is 7.98. The van der Waals surface area contributed by atoms with Crippen LogP contribution in [0.4, 0.5) is 0 Å². The molecule has 0 fully saturated rings. The summed E-state index contributed by atoms with van der Waals surface area (Å²) in [4.78, 5) is 20.0. The van der Waals surface area contributed by atoms with Crippen molar-refractivity contribution in [3.63, 3.8) is 0 Å². The fourth-order valence-electron chi connectivity index (χ4n) is 0.313. The predicted octanol–water partition coefficient (Wildman–Crippen LogP) is -1.71. The number of aliphatic carboxylic acids is 1. The van der Waals surface area contributed by atoms with Crippen molar-refractivity contribution in [3.05, 3.63) is 0 Å². The minimum absolute atomic E-state index is 0.192. The van der Waals surface area contributed by atoms with Gasteiger partial charge in [0, 0.05) is 0 Å². The van der Waals surface area contributed by atoms with Gasteiger partial charge < -0.3 is 9.76 Å². The van der Waals surface area contributed by atoms with E-state index < -0.39 is 11.9 Å². The van der Waals surface area contributed by atoms with E-state index >= 15 is 0 Å². The Hall–Kier alpha value is -1.04. The molecule has 2 radical (unpaired) electrons. The van der Waals surface area contributed by atoms with Crippen LogP contribution < -0.4 is 5.32 Å². The number of hydrogen-bond donors (Lipinski definition) is 2. The van der Waals surface area contributed by atoms with E-state index in [0.29, 0.717) is 0 Å². The van der Waals surface area contributed by atoms with Crippen LogP contribution in [0.2, 0.25) is 0 Å². The number of hydrogen-bond acceptors (Lipinski definition) is 4. The highest BCUT2D eigenvalue weighted by atomic mass is 16.5. The van der Waals surface area contributed by atoms with Crippen molar-refractivity contribution in [2.45, 2.75) is 0 Å². The van der Waals surface area contributed by atoms with Crippen molar-refractivity contribution in [2.75, 3.05) is 13.1 Å². The van der Waals surface area contributed by atoms with Crippen molar-refractivity contribution in [1.82, 2.24) is 5.32 Å². The smallest absolute Gasteiger partial charge is 0.378 e. The van der Waals surface area contributed by atoms with E-state index in [1.807, 2.05) is 0 Å². The lowest BCUT2D eigenvalue weighted by molar-refractivity contribution is -0.136. The van der Waals surface area contributed by atoms with Gasteiger partial charge in [0.2, 0.25) is 0 Å². The molecule has 0 aliphatic rings. The second-order valence-corrected chi connectivity index (χ2v) is 1.49. The Bertz CT molecular complexity index is 137. The maximum Gasteiger partial charge on any atom is 0.378 e. The van der Waals surface area contributed by atoms with Gasteiger partial charge in [-0.2, -0.15) is 0 Å². The van der Waals surface area contributed by atoms with Crippen molar-refractivity contribution in [3.8, 4) is 0 Å². The van der Waals surface area contributed by atoms with Crippen molar-refractivity contribution in [2.24, 2.45) is 0 Å². The molecule has 54 valence electrons. The molecule has 0 aromatic carbocycles. The summed E-state index contributed by atoms with van der Waals surface area (Å²) in [5, 5.41) is 10.3. The Labute approximate surface area is 58.8 Å². The molecule has 5 nitrogen and oxygen atoms in total. The average Bonchev–Trinajstić information content (AvgIpc) is 1.87. The Morgan fingerprint density at radius 3 is 2.50 bits per heavy atom. The number of carbonyl (C=O) groups is 2. The minimum atomic E-state index is -1.04. The van der Waals surface area contributed by atoms with Crippen LogP contribution in [-0.2, 0) is 14.2 Å². The normalized spacial score (nSPS) is 8.80. The third-order valence-electron chi connectivity index (χ3n) is 0.677. The predicted molar refractivity (Wildman–Crippen MR) is 32.4 cm³/mol. The number of carboxylic acid groups (broad SMARTS) is 1.